The van der Waals surface area contributed by atoms with Crippen molar-refractivity contribution in [2.45, 2.75) is 6.54 Å². The molecule has 124 valence electrons. The molecule has 0 fully saturated rings. The highest BCUT2D eigenvalue weighted by molar-refractivity contribution is 9.10. The highest BCUT2D eigenvalue weighted by Crippen LogP contribution is 2.31. The van der Waals surface area contributed by atoms with E-state index in [9.17, 15) is 4.79 Å². The Bertz CT molecular complexity index is 993. The van der Waals surface area contributed by atoms with Crippen LogP contribution in [0.4, 0.5) is 5.13 Å². The largest absolute Gasteiger partial charge is 0.444 e. The van der Waals surface area contributed by atoms with E-state index < -0.39 is 0 Å². The van der Waals surface area contributed by atoms with E-state index in [1.54, 1.807) is 17.0 Å². The molecule has 2 aromatic carbocycles. The Morgan fingerprint density at radius 2 is 1.80 bits per heavy atom. The molecule has 0 aliphatic carbocycles. The predicted molar refractivity (Wildman–Crippen MR) is 103 cm³/mol. The van der Waals surface area contributed by atoms with Gasteiger partial charge in [-0.2, -0.15) is 0 Å². The lowest BCUT2D eigenvalue weighted by Crippen LogP contribution is -2.30. The normalized spacial score (nSPS) is 10.9. The Hall–Kier alpha value is -2.44. The van der Waals surface area contributed by atoms with Crippen LogP contribution in [0.25, 0.3) is 10.2 Å². The van der Waals surface area contributed by atoms with E-state index in [0.717, 1.165) is 15.8 Å². The van der Waals surface area contributed by atoms with Gasteiger partial charge >= 0.3 is 0 Å². The van der Waals surface area contributed by atoms with E-state index in [0.29, 0.717) is 16.3 Å². The molecular weight excluding hydrogens is 400 g/mol. The molecule has 2 heterocycles. The minimum Gasteiger partial charge on any atom is -0.444 e. The van der Waals surface area contributed by atoms with Crippen LogP contribution >= 0.6 is 27.3 Å². The zero-order valence-corrected chi connectivity index (χ0v) is 15.5. The fraction of sp³-hybridized carbons (Fsp3) is 0.0526. The van der Waals surface area contributed by atoms with Gasteiger partial charge < -0.3 is 4.42 Å². The molecule has 2 aromatic heterocycles. The lowest BCUT2D eigenvalue weighted by molar-refractivity contribution is 0.0957. The third kappa shape index (κ3) is 3.36. The van der Waals surface area contributed by atoms with Crippen LogP contribution in [0, 0.1) is 0 Å². The van der Waals surface area contributed by atoms with Crippen LogP contribution in [0.15, 0.2) is 75.8 Å². The summed E-state index contributed by atoms with van der Waals surface area (Å²) >= 11 is 4.75. The van der Waals surface area contributed by atoms with Crippen LogP contribution < -0.4 is 4.90 Å². The van der Waals surface area contributed by atoms with Crippen molar-refractivity contribution < 1.29 is 9.21 Å². The summed E-state index contributed by atoms with van der Waals surface area (Å²) in [6.45, 7) is 0.428. The summed E-state index contributed by atoms with van der Waals surface area (Å²) in [5.41, 5.74) is 1.91. The number of carbonyl (C=O) groups excluding carboxylic acids is 1. The molecule has 4 aromatic rings. The van der Waals surface area contributed by atoms with Crippen LogP contribution in [0.2, 0.25) is 0 Å². The molecule has 0 bridgehead atoms. The summed E-state index contributed by atoms with van der Waals surface area (Å²) < 4.78 is 7.03. The molecule has 0 aliphatic rings. The molecule has 0 saturated heterocycles. The van der Waals surface area contributed by atoms with Crippen molar-refractivity contribution in [3.63, 3.8) is 0 Å². The molecule has 0 atom stereocenters. The molecule has 1 amide bonds. The number of benzene rings is 2. The van der Waals surface area contributed by atoms with Gasteiger partial charge in [-0.3, -0.25) is 9.69 Å². The van der Waals surface area contributed by atoms with Crippen molar-refractivity contribution in [1.29, 1.82) is 0 Å². The quantitative estimate of drug-likeness (QED) is 0.444. The van der Waals surface area contributed by atoms with Crippen LogP contribution in [-0.4, -0.2) is 10.9 Å². The number of fused-ring (bicyclic) bond motifs is 1. The first kappa shape index (κ1) is 16.1. The topological polar surface area (TPSA) is 46.3 Å². The first-order chi connectivity index (χ1) is 12.2. The van der Waals surface area contributed by atoms with Crippen molar-refractivity contribution in [3.05, 3.63) is 82.7 Å². The number of thiazole rings is 1. The maximum absolute atomic E-state index is 13.0. The molecule has 25 heavy (non-hydrogen) atoms. The number of anilines is 1. The van der Waals surface area contributed by atoms with E-state index in [4.69, 9.17) is 4.42 Å². The molecule has 0 radical (unpaired) electrons. The standard InChI is InChI=1S/C19H13BrN2O2S/c20-17-11-10-15(24-17)18(23)22(12-13-6-2-1-3-7-13)19-21-14-8-4-5-9-16(14)25-19/h1-11H,12H2. The van der Waals surface area contributed by atoms with E-state index in [2.05, 4.69) is 20.9 Å². The van der Waals surface area contributed by atoms with Gasteiger partial charge in [0.05, 0.1) is 16.8 Å². The molecule has 0 aliphatic heterocycles. The molecule has 0 spiro atoms. The summed E-state index contributed by atoms with van der Waals surface area (Å²) in [4.78, 5) is 19.3. The first-order valence-electron chi connectivity index (χ1n) is 7.67. The highest BCUT2D eigenvalue weighted by atomic mass is 79.9. The monoisotopic (exact) mass is 412 g/mol. The van der Waals surface area contributed by atoms with E-state index in [-0.39, 0.29) is 11.7 Å². The second kappa shape index (κ2) is 6.82. The zero-order chi connectivity index (χ0) is 17.2. The van der Waals surface area contributed by atoms with Gasteiger partial charge in [0, 0.05) is 0 Å². The smallest absolute Gasteiger partial charge is 0.296 e. The molecule has 0 unspecified atom stereocenters. The zero-order valence-electron chi connectivity index (χ0n) is 13.1. The van der Waals surface area contributed by atoms with Crippen molar-refractivity contribution in [3.8, 4) is 0 Å². The van der Waals surface area contributed by atoms with Crippen LogP contribution in [0.1, 0.15) is 16.1 Å². The fourth-order valence-electron chi connectivity index (χ4n) is 2.53. The molecule has 0 saturated carbocycles. The summed E-state index contributed by atoms with van der Waals surface area (Å²) in [6, 6.07) is 21.1. The molecule has 4 rings (SSSR count). The highest BCUT2D eigenvalue weighted by Gasteiger charge is 2.24. The van der Waals surface area contributed by atoms with Crippen molar-refractivity contribution in [2.75, 3.05) is 4.90 Å². The van der Waals surface area contributed by atoms with Crippen LogP contribution in [0.3, 0.4) is 0 Å². The number of halogens is 1. The molecule has 0 N–H and O–H groups in total. The second-order valence-corrected chi connectivity index (χ2v) is 7.24. The van der Waals surface area contributed by atoms with Gasteiger partial charge in [0.15, 0.2) is 15.6 Å². The fourth-order valence-corrected chi connectivity index (χ4v) is 3.80. The SMILES string of the molecule is O=C(c1ccc(Br)o1)N(Cc1ccccc1)c1nc2ccccc2s1. The number of hydrogen-bond donors (Lipinski definition) is 0. The molecule has 6 heteroatoms. The number of para-hydroxylation sites is 1. The van der Waals surface area contributed by atoms with Crippen LogP contribution in [-0.2, 0) is 6.54 Å². The Morgan fingerprint density at radius 1 is 1.04 bits per heavy atom. The Balaban J connectivity index is 1.75. The Kier molecular flexibility index (Phi) is 4.38. The number of nitrogens with zero attached hydrogens (tertiary/aromatic N) is 2. The summed E-state index contributed by atoms with van der Waals surface area (Å²) in [6.07, 6.45) is 0. The Morgan fingerprint density at radius 3 is 2.52 bits per heavy atom. The maximum Gasteiger partial charge on any atom is 0.296 e. The van der Waals surface area contributed by atoms with Crippen molar-refractivity contribution in [2.24, 2.45) is 0 Å². The minimum atomic E-state index is -0.214. The second-order valence-electron chi connectivity index (χ2n) is 5.44. The maximum atomic E-state index is 13.0. The average Bonchev–Trinajstić information content (AvgIpc) is 3.26. The summed E-state index contributed by atoms with van der Waals surface area (Å²) in [5, 5.41) is 0.655. The molecule has 4 nitrogen and oxygen atoms in total. The van der Waals surface area contributed by atoms with Gasteiger partial charge in [-0.05, 0) is 45.8 Å². The van der Waals surface area contributed by atoms with Gasteiger partial charge in [-0.15, -0.1) is 0 Å². The van der Waals surface area contributed by atoms with Gasteiger partial charge in [0.25, 0.3) is 5.91 Å². The predicted octanol–water partition coefficient (Wildman–Crippen LogP) is 5.50. The third-order valence-corrected chi connectivity index (χ3v) is 5.21. The molecular formula is C19H13BrN2O2S. The van der Waals surface area contributed by atoms with Gasteiger partial charge in [0.1, 0.15) is 0 Å². The minimum absolute atomic E-state index is 0.214. The van der Waals surface area contributed by atoms with Crippen molar-refractivity contribution in [1.82, 2.24) is 4.98 Å². The van der Waals surface area contributed by atoms with Gasteiger partial charge in [0.2, 0.25) is 0 Å². The lowest BCUT2D eigenvalue weighted by atomic mass is 10.2. The lowest BCUT2D eigenvalue weighted by Gasteiger charge is -2.18. The van der Waals surface area contributed by atoms with E-state index in [1.807, 2.05) is 54.6 Å². The van der Waals surface area contributed by atoms with Crippen LogP contribution in [0.5, 0.6) is 0 Å². The summed E-state index contributed by atoms with van der Waals surface area (Å²) in [7, 11) is 0. The number of aromatic nitrogens is 1. The number of furan rings is 1. The number of amides is 1. The first-order valence-corrected chi connectivity index (χ1v) is 9.28. The average molecular weight is 413 g/mol. The number of rotatable bonds is 4. The van der Waals surface area contributed by atoms with Gasteiger partial charge in [-0.25, -0.2) is 4.98 Å². The van der Waals surface area contributed by atoms with Crippen molar-refractivity contribution >= 4 is 48.5 Å². The number of hydrogen-bond acceptors (Lipinski definition) is 4. The summed E-state index contributed by atoms with van der Waals surface area (Å²) in [5.74, 6) is 0.0654. The van der Waals surface area contributed by atoms with E-state index in [1.165, 1.54) is 11.3 Å². The third-order valence-electron chi connectivity index (χ3n) is 3.73. The Labute approximate surface area is 156 Å². The van der Waals surface area contributed by atoms with E-state index >= 15 is 0 Å². The van der Waals surface area contributed by atoms with Gasteiger partial charge in [-0.1, -0.05) is 53.8 Å². The number of carbonyl (C=O) groups is 1.